The Labute approximate surface area is 222 Å². The molecule has 0 radical (unpaired) electrons. The monoisotopic (exact) mass is 546 g/mol. The number of benzene rings is 2. The molecule has 2 aliphatic carbocycles. The summed E-state index contributed by atoms with van der Waals surface area (Å²) in [6.07, 6.45) is 1.83. The van der Waals surface area contributed by atoms with Crippen molar-refractivity contribution in [2.75, 3.05) is 0 Å². The van der Waals surface area contributed by atoms with Gasteiger partial charge in [-0.25, -0.2) is 4.79 Å². The number of unbranched alkanes of at least 4 members (excludes halogenated alkanes) is 1. The summed E-state index contributed by atoms with van der Waals surface area (Å²) in [6, 6.07) is 13.3. The van der Waals surface area contributed by atoms with Crippen molar-refractivity contribution < 1.29 is 31.6 Å². The molecule has 4 fully saturated rings. The fraction of sp³-hybridized carbons (Fsp3) is 0.536. The number of ether oxygens (including phenoxy) is 3. The molecule has 4 aliphatic rings. The van der Waals surface area contributed by atoms with Crippen LogP contribution in [0.25, 0.3) is 0 Å². The number of hydrogen-bond donors (Lipinski definition) is 0. The highest BCUT2D eigenvalue weighted by Gasteiger charge is 2.80. The second-order valence-electron chi connectivity index (χ2n) is 11.0. The number of carbonyl (C=O) groups is 1. The van der Waals surface area contributed by atoms with Crippen LogP contribution in [0, 0.1) is 30.6 Å². The van der Waals surface area contributed by atoms with E-state index in [-0.39, 0.29) is 34.7 Å². The molecule has 0 spiro atoms. The van der Waals surface area contributed by atoms with Crippen molar-refractivity contribution in [1.82, 2.24) is 0 Å². The highest BCUT2D eigenvalue weighted by Crippen LogP contribution is 2.72. The molecule has 0 N–H and O–H groups in total. The average Bonchev–Trinajstić information content (AvgIpc) is 3.52. The van der Waals surface area contributed by atoms with Crippen LogP contribution in [-0.2, 0) is 28.5 Å². The lowest BCUT2D eigenvalue weighted by Crippen LogP contribution is -2.51. The van der Waals surface area contributed by atoms with Gasteiger partial charge in [-0.1, -0.05) is 48.7 Å². The zero-order valence-corrected chi connectivity index (χ0v) is 22.6. The summed E-state index contributed by atoms with van der Waals surface area (Å²) in [5, 5.41) is 0.439. The second kappa shape index (κ2) is 8.78. The van der Waals surface area contributed by atoms with Crippen molar-refractivity contribution in [3.05, 3.63) is 64.7 Å². The van der Waals surface area contributed by atoms with Gasteiger partial charge in [0.2, 0.25) is 5.79 Å². The molecule has 2 aromatic carbocycles. The molecule has 37 heavy (non-hydrogen) atoms. The Kier molecular flexibility index (Phi) is 6.01. The predicted octanol–water partition coefficient (Wildman–Crippen LogP) is 5.49. The van der Waals surface area contributed by atoms with Gasteiger partial charge in [0.15, 0.2) is 5.79 Å². The van der Waals surface area contributed by atoms with Gasteiger partial charge in [-0.15, -0.1) is 0 Å². The Morgan fingerprint density at radius 3 is 2.59 bits per heavy atom. The Bertz CT molecular complexity index is 1330. The van der Waals surface area contributed by atoms with Crippen LogP contribution in [0.3, 0.4) is 0 Å². The normalized spacial score (nSPS) is 37.3. The first-order valence-corrected chi connectivity index (χ1v) is 14.7. The van der Waals surface area contributed by atoms with Gasteiger partial charge in [0.25, 0.3) is 10.1 Å². The number of fused-ring (bicyclic) bond motifs is 2. The number of hydrogen-bond acceptors (Lipinski definition) is 7. The first kappa shape index (κ1) is 25.3. The van der Waals surface area contributed by atoms with Gasteiger partial charge in [0.1, 0.15) is 6.10 Å². The van der Waals surface area contributed by atoms with Gasteiger partial charge in [0, 0.05) is 23.3 Å². The van der Waals surface area contributed by atoms with Crippen LogP contribution < -0.4 is 0 Å². The van der Waals surface area contributed by atoms with Gasteiger partial charge in [-0.2, -0.15) is 8.42 Å². The molecule has 9 heteroatoms. The highest BCUT2D eigenvalue weighted by atomic mass is 35.5. The molecule has 198 valence electrons. The summed E-state index contributed by atoms with van der Waals surface area (Å²) in [7, 11) is -4.01. The zero-order valence-electron chi connectivity index (χ0n) is 21.1. The van der Waals surface area contributed by atoms with E-state index in [2.05, 4.69) is 6.92 Å². The van der Waals surface area contributed by atoms with Crippen LogP contribution in [0.1, 0.15) is 55.5 Å². The van der Waals surface area contributed by atoms with Crippen LogP contribution in [-0.4, -0.2) is 38.2 Å². The first-order chi connectivity index (χ1) is 17.6. The van der Waals surface area contributed by atoms with E-state index in [0.717, 1.165) is 24.8 Å². The van der Waals surface area contributed by atoms with E-state index in [1.165, 1.54) is 0 Å². The number of aryl methyl sites for hydroxylation is 1. The summed E-state index contributed by atoms with van der Waals surface area (Å²) >= 11 is 6.12. The maximum absolute atomic E-state index is 13.3. The van der Waals surface area contributed by atoms with Gasteiger partial charge in [-0.05, 0) is 68.9 Å². The molecule has 2 saturated carbocycles. The van der Waals surface area contributed by atoms with Crippen LogP contribution in [0.2, 0.25) is 5.02 Å². The van der Waals surface area contributed by atoms with Crippen molar-refractivity contribution in [3.63, 3.8) is 0 Å². The minimum absolute atomic E-state index is 0.00607. The molecule has 2 saturated heterocycles. The lowest BCUT2D eigenvalue weighted by atomic mass is 9.72. The Hall–Kier alpha value is -1.97. The van der Waals surface area contributed by atoms with Gasteiger partial charge in [0.05, 0.1) is 16.6 Å². The van der Waals surface area contributed by atoms with Crippen molar-refractivity contribution >= 4 is 27.7 Å². The Morgan fingerprint density at radius 1 is 1.14 bits per heavy atom. The molecule has 2 aliphatic heterocycles. The van der Waals surface area contributed by atoms with E-state index in [1.807, 2.05) is 13.8 Å². The number of rotatable bonds is 8. The molecule has 2 aromatic rings. The zero-order chi connectivity index (χ0) is 26.2. The minimum Gasteiger partial charge on any atom is -0.429 e. The summed E-state index contributed by atoms with van der Waals surface area (Å²) in [4.78, 5) is 13.5. The van der Waals surface area contributed by atoms with E-state index in [0.29, 0.717) is 17.0 Å². The quantitative estimate of drug-likeness (QED) is 0.319. The lowest BCUT2D eigenvalue weighted by Gasteiger charge is -2.42. The van der Waals surface area contributed by atoms with E-state index in [1.54, 1.807) is 48.5 Å². The average molecular weight is 547 g/mol. The summed E-state index contributed by atoms with van der Waals surface area (Å²) in [5.74, 6) is -3.11. The van der Waals surface area contributed by atoms with Crippen molar-refractivity contribution in [2.45, 2.75) is 75.1 Å². The molecule has 2 heterocycles. The molecule has 2 bridgehead atoms. The predicted molar refractivity (Wildman–Crippen MR) is 135 cm³/mol. The fourth-order valence-electron chi connectivity index (χ4n) is 7.27. The number of halogens is 1. The Balaban J connectivity index is 1.34. The molecule has 0 amide bonds. The largest absolute Gasteiger partial charge is 0.429 e. The van der Waals surface area contributed by atoms with Gasteiger partial charge < -0.3 is 14.2 Å². The van der Waals surface area contributed by atoms with E-state index in [4.69, 9.17) is 30.0 Å². The van der Waals surface area contributed by atoms with Gasteiger partial charge >= 0.3 is 5.97 Å². The third-order valence-corrected chi connectivity index (χ3v) is 10.2. The maximum atomic E-state index is 13.3. The Morgan fingerprint density at radius 2 is 1.89 bits per heavy atom. The summed E-state index contributed by atoms with van der Waals surface area (Å²) in [5.41, 5.74) is 1.30. The summed E-state index contributed by atoms with van der Waals surface area (Å²) in [6.45, 7) is 5.85. The molecule has 0 aromatic heterocycles. The van der Waals surface area contributed by atoms with Crippen LogP contribution >= 0.6 is 11.6 Å². The first-order valence-electron chi connectivity index (χ1n) is 12.9. The standard InChI is InChI=1S/C28H31ClO7S/c1-4-5-13-28(34-26(30)17-7-6-8-18(29)14-17)23-21-15-20-22(23)27(3,36-28)33-24(20)25(21)35-37(31,32)19-11-9-16(2)10-12-19/h6-12,14,20-25H,4-5,13,15H2,1-3H3/t20-,21+,22-,23-,24+,25+,27+,28+/m1/s1. The van der Waals surface area contributed by atoms with Crippen LogP contribution in [0.15, 0.2) is 53.4 Å². The third kappa shape index (κ3) is 3.95. The van der Waals surface area contributed by atoms with Crippen molar-refractivity contribution in [2.24, 2.45) is 23.7 Å². The smallest absolute Gasteiger partial charge is 0.340 e. The van der Waals surface area contributed by atoms with Crippen LogP contribution in [0.4, 0.5) is 0 Å². The third-order valence-electron chi connectivity index (χ3n) is 8.63. The summed E-state index contributed by atoms with van der Waals surface area (Å²) < 4.78 is 51.7. The van der Waals surface area contributed by atoms with Gasteiger partial charge in [-0.3, -0.25) is 4.18 Å². The lowest BCUT2D eigenvalue weighted by molar-refractivity contribution is -0.323. The van der Waals surface area contributed by atoms with E-state index < -0.39 is 33.8 Å². The molecular formula is C28H31ClO7S. The van der Waals surface area contributed by atoms with Crippen LogP contribution in [0.5, 0.6) is 0 Å². The highest BCUT2D eigenvalue weighted by molar-refractivity contribution is 7.86. The SMILES string of the molecule is CCCC[C@]1(OC(=O)c2cccc(Cl)c2)O[C@]2(C)O[C@H]3[C@@H]4C[C@H]([C@@H]3OS(=O)(=O)c3ccc(C)cc3)[C@@H]1[C@@H]42. The molecular weight excluding hydrogens is 516 g/mol. The van der Waals surface area contributed by atoms with Crippen molar-refractivity contribution in [3.8, 4) is 0 Å². The topological polar surface area (TPSA) is 88.1 Å². The molecule has 6 rings (SSSR count). The molecule has 8 atom stereocenters. The number of carbonyl (C=O) groups excluding carboxylic acids is 1. The fourth-order valence-corrected chi connectivity index (χ4v) is 8.59. The maximum Gasteiger partial charge on any atom is 0.340 e. The van der Waals surface area contributed by atoms with E-state index in [9.17, 15) is 13.2 Å². The van der Waals surface area contributed by atoms with Crippen molar-refractivity contribution in [1.29, 1.82) is 0 Å². The molecule has 0 unspecified atom stereocenters. The number of esters is 1. The minimum atomic E-state index is -4.01. The van der Waals surface area contributed by atoms with E-state index >= 15 is 0 Å². The molecule has 7 nitrogen and oxygen atoms in total. The second-order valence-corrected chi connectivity index (χ2v) is 13.0.